The van der Waals surface area contributed by atoms with Crippen molar-refractivity contribution in [2.45, 2.75) is 19.4 Å². The van der Waals surface area contributed by atoms with Crippen molar-refractivity contribution in [3.63, 3.8) is 0 Å². The molecule has 6 heteroatoms. The number of piperazine rings is 1. The molecule has 0 bridgehead atoms. The molecule has 1 N–H and O–H groups in total. The van der Waals surface area contributed by atoms with Gasteiger partial charge in [0.15, 0.2) is 0 Å². The summed E-state index contributed by atoms with van der Waals surface area (Å²) in [5, 5.41) is 12.0. The van der Waals surface area contributed by atoms with E-state index in [-0.39, 0.29) is 0 Å². The van der Waals surface area contributed by atoms with Gasteiger partial charge in [-0.2, -0.15) is 0 Å². The first-order valence-corrected chi connectivity index (χ1v) is 7.79. The molecule has 0 unspecified atom stereocenters. The topological polar surface area (TPSA) is 52.5 Å². The van der Waals surface area contributed by atoms with E-state index in [2.05, 4.69) is 25.1 Å². The molecule has 20 heavy (non-hydrogen) atoms. The first-order chi connectivity index (χ1) is 9.53. The number of thiophene rings is 1. The zero-order valence-corrected chi connectivity index (χ0v) is 12.7. The van der Waals surface area contributed by atoms with Crippen molar-refractivity contribution >= 4 is 27.4 Å². The molecule has 0 aromatic carbocycles. The number of aliphatic hydroxyl groups is 1. The molecule has 1 saturated heterocycles. The SMILES string of the molecule is CC(C)(O)CN1CCN(c2ncnc3ccsc23)CC1. The summed E-state index contributed by atoms with van der Waals surface area (Å²) >= 11 is 1.70. The lowest BCUT2D eigenvalue weighted by Crippen LogP contribution is -2.50. The average Bonchev–Trinajstić information content (AvgIpc) is 2.86. The van der Waals surface area contributed by atoms with E-state index < -0.39 is 5.60 Å². The summed E-state index contributed by atoms with van der Waals surface area (Å²) in [4.78, 5) is 13.4. The summed E-state index contributed by atoms with van der Waals surface area (Å²) in [6.45, 7) is 8.25. The molecule has 1 fully saturated rings. The van der Waals surface area contributed by atoms with Crippen molar-refractivity contribution in [3.05, 3.63) is 17.8 Å². The lowest BCUT2D eigenvalue weighted by Gasteiger charge is -2.37. The molecule has 3 heterocycles. The van der Waals surface area contributed by atoms with Gasteiger partial charge < -0.3 is 10.0 Å². The maximum atomic E-state index is 9.89. The number of fused-ring (bicyclic) bond motifs is 1. The highest BCUT2D eigenvalue weighted by Crippen LogP contribution is 2.28. The van der Waals surface area contributed by atoms with Crippen LogP contribution in [0.15, 0.2) is 17.8 Å². The van der Waals surface area contributed by atoms with Crippen molar-refractivity contribution in [1.82, 2.24) is 14.9 Å². The third-order valence-corrected chi connectivity index (χ3v) is 4.41. The van der Waals surface area contributed by atoms with Gasteiger partial charge in [0.05, 0.1) is 15.8 Å². The molecule has 2 aromatic heterocycles. The Morgan fingerprint density at radius 2 is 2.00 bits per heavy atom. The van der Waals surface area contributed by atoms with Gasteiger partial charge in [-0.3, -0.25) is 4.90 Å². The van der Waals surface area contributed by atoms with Gasteiger partial charge in [0, 0.05) is 32.7 Å². The third kappa shape index (κ3) is 2.92. The van der Waals surface area contributed by atoms with E-state index in [1.165, 1.54) is 4.70 Å². The molecular formula is C14H20N4OS. The van der Waals surface area contributed by atoms with E-state index in [0.717, 1.165) is 44.1 Å². The molecule has 5 nitrogen and oxygen atoms in total. The van der Waals surface area contributed by atoms with Crippen LogP contribution in [-0.2, 0) is 0 Å². The fourth-order valence-corrected chi connectivity index (χ4v) is 3.53. The molecule has 0 saturated carbocycles. The number of anilines is 1. The van der Waals surface area contributed by atoms with Crippen molar-refractivity contribution in [3.8, 4) is 0 Å². The van der Waals surface area contributed by atoms with E-state index in [1.54, 1.807) is 17.7 Å². The molecule has 2 aromatic rings. The van der Waals surface area contributed by atoms with Crippen LogP contribution in [0.1, 0.15) is 13.8 Å². The molecule has 0 amide bonds. The van der Waals surface area contributed by atoms with E-state index >= 15 is 0 Å². The largest absolute Gasteiger partial charge is 0.389 e. The number of aromatic nitrogens is 2. The minimum atomic E-state index is -0.627. The molecular weight excluding hydrogens is 272 g/mol. The van der Waals surface area contributed by atoms with Gasteiger partial charge in [-0.15, -0.1) is 11.3 Å². The van der Waals surface area contributed by atoms with Gasteiger partial charge in [0.1, 0.15) is 12.1 Å². The van der Waals surface area contributed by atoms with Crippen LogP contribution in [-0.4, -0.2) is 58.3 Å². The summed E-state index contributed by atoms with van der Waals surface area (Å²) in [5.74, 6) is 1.05. The van der Waals surface area contributed by atoms with Crippen LogP contribution >= 0.6 is 11.3 Å². The Morgan fingerprint density at radius 3 is 2.70 bits per heavy atom. The van der Waals surface area contributed by atoms with Crippen molar-refractivity contribution in [1.29, 1.82) is 0 Å². The highest BCUT2D eigenvalue weighted by Gasteiger charge is 2.24. The standard InChI is InChI=1S/C14H20N4OS/c1-14(2,19)9-17-4-6-18(7-5-17)13-12-11(3-8-20-12)15-10-16-13/h3,8,10,19H,4-7,9H2,1-2H3. The molecule has 108 valence electrons. The van der Waals surface area contributed by atoms with E-state index in [1.807, 2.05) is 19.9 Å². The van der Waals surface area contributed by atoms with Crippen LogP contribution in [0.5, 0.6) is 0 Å². The predicted molar refractivity (Wildman–Crippen MR) is 82.4 cm³/mol. The predicted octanol–water partition coefficient (Wildman–Crippen LogP) is 1.58. The zero-order valence-electron chi connectivity index (χ0n) is 11.9. The van der Waals surface area contributed by atoms with Crippen molar-refractivity contribution in [2.24, 2.45) is 0 Å². The Balaban J connectivity index is 1.71. The quantitative estimate of drug-likeness (QED) is 0.931. The summed E-state index contributed by atoms with van der Waals surface area (Å²) < 4.78 is 1.17. The number of hydrogen-bond donors (Lipinski definition) is 1. The molecule has 1 aliphatic rings. The van der Waals surface area contributed by atoms with Gasteiger partial charge in [-0.1, -0.05) is 0 Å². The molecule has 0 spiro atoms. The van der Waals surface area contributed by atoms with Crippen LogP contribution in [0.3, 0.4) is 0 Å². The van der Waals surface area contributed by atoms with Crippen LogP contribution < -0.4 is 4.90 Å². The van der Waals surface area contributed by atoms with Crippen molar-refractivity contribution in [2.75, 3.05) is 37.6 Å². The minimum Gasteiger partial charge on any atom is -0.389 e. The maximum Gasteiger partial charge on any atom is 0.150 e. The highest BCUT2D eigenvalue weighted by atomic mass is 32.1. The summed E-state index contributed by atoms with van der Waals surface area (Å²) in [5.41, 5.74) is 0.400. The zero-order chi connectivity index (χ0) is 14.2. The van der Waals surface area contributed by atoms with Crippen LogP contribution in [0.25, 0.3) is 10.2 Å². The minimum absolute atomic E-state index is 0.627. The van der Waals surface area contributed by atoms with Crippen molar-refractivity contribution < 1.29 is 5.11 Å². The summed E-state index contributed by atoms with van der Waals surface area (Å²) in [6.07, 6.45) is 1.65. The fourth-order valence-electron chi connectivity index (χ4n) is 2.67. The second-order valence-electron chi connectivity index (χ2n) is 5.91. The van der Waals surface area contributed by atoms with Gasteiger partial charge in [-0.25, -0.2) is 9.97 Å². The number of rotatable bonds is 3. The Kier molecular flexibility index (Phi) is 3.62. The lowest BCUT2D eigenvalue weighted by molar-refractivity contribution is 0.0345. The number of hydrogen-bond acceptors (Lipinski definition) is 6. The Labute approximate surface area is 122 Å². The molecule has 3 rings (SSSR count). The second kappa shape index (κ2) is 5.27. The van der Waals surface area contributed by atoms with Crippen LogP contribution in [0.4, 0.5) is 5.82 Å². The first-order valence-electron chi connectivity index (χ1n) is 6.91. The second-order valence-corrected chi connectivity index (χ2v) is 6.82. The molecule has 0 radical (unpaired) electrons. The van der Waals surface area contributed by atoms with Gasteiger partial charge in [0.25, 0.3) is 0 Å². The fraction of sp³-hybridized carbons (Fsp3) is 0.571. The normalized spacial score (nSPS) is 17.9. The smallest absolute Gasteiger partial charge is 0.150 e. The van der Waals surface area contributed by atoms with Gasteiger partial charge in [-0.05, 0) is 25.3 Å². The summed E-state index contributed by atoms with van der Waals surface area (Å²) in [6, 6.07) is 2.04. The molecule has 0 atom stereocenters. The van der Waals surface area contributed by atoms with Gasteiger partial charge in [0.2, 0.25) is 0 Å². The number of β-amino-alcohol motifs (C(OH)–C–C–N with tert-alkyl or cyclic N) is 1. The van der Waals surface area contributed by atoms with Gasteiger partial charge >= 0.3 is 0 Å². The third-order valence-electron chi connectivity index (χ3n) is 3.51. The monoisotopic (exact) mass is 292 g/mol. The highest BCUT2D eigenvalue weighted by molar-refractivity contribution is 7.17. The maximum absolute atomic E-state index is 9.89. The first kappa shape index (κ1) is 13.7. The van der Waals surface area contributed by atoms with E-state index in [0.29, 0.717) is 0 Å². The average molecular weight is 292 g/mol. The Morgan fingerprint density at radius 1 is 1.25 bits per heavy atom. The summed E-state index contributed by atoms with van der Waals surface area (Å²) in [7, 11) is 0. The lowest BCUT2D eigenvalue weighted by atomic mass is 10.1. The molecule has 0 aliphatic carbocycles. The van der Waals surface area contributed by atoms with Crippen LogP contribution in [0, 0.1) is 0 Å². The van der Waals surface area contributed by atoms with E-state index in [4.69, 9.17) is 0 Å². The van der Waals surface area contributed by atoms with E-state index in [9.17, 15) is 5.11 Å². The van der Waals surface area contributed by atoms with Crippen LogP contribution in [0.2, 0.25) is 0 Å². The number of nitrogens with zero attached hydrogens (tertiary/aromatic N) is 4. The Bertz CT molecular complexity index is 584. The molecule has 1 aliphatic heterocycles. The Hall–Kier alpha value is -1.24.